The summed E-state index contributed by atoms with van der Waals surface area (Å²) in [6.45, 7) is 3.00. The van der Waals surface area contributed by atoms with E-state index in [2.05, 4.69) is 0 Å². The van der Waals surface area contributed by atoms with E-state index >= 15 is 0 Å². The largest absolute Gasteiger partial charge is 0.491 e. The van der Waals surface area contributed by atoms with Gasteiger partial charge in [-0.2, -0.15) is 0 Å². The third kappa shape index (κ3) is 4.79. The van der Waals surface area contributed by atoms with Crippen LogP contribution >= 0.6 is 0 Å². The number of aliphatic hydroxyl groups is 1. The summed E-state index contributed by atoms with van der Waals surface area (Å²) in [6, 6.07) is 11.5. The van der Waals surface area contributed by atoms with Crippen LogP contribution in [0.3, 0.4) is 0 Å². The molecule has 0 saturated heterocycles. The third-order valence-electron chi connectivity index (χ3n) is 3.27. The molecule has 4 nitrogen and oxygen atoms in total. The number of benzene rings is 2. The van der Waals surface area contributed by atoms with Gasteiger partial charge in [0.05, 0.1) is 0 Å². The number of aliphatic hydroxyl groups excluding tert-OH is 1. The molecule has 1 N–H and O–H groups in total. The van der Waals surface area contributed by atoms with Crippen molar-refractivity contribution in [2.45, 2.75) is 20.0 Å². The number of carbonyl (C=O) groups excluding carboxylic acids is 1. The summed E-state index contributed by atoms with van der Waals surface area (Å²) < 4.78 is 24.4. The van der Waals surface area contributed by atoms with Gasteiger partial charge in [-0.1, -0.05) is 24.3 Å². The van der Waals surface area contributed by atoms with Crippen molar-refractivity contribution in [2.24, 2.45) is 0 Å². The molecule has 0 aromatic heterocycles. The lowest BCUT2D eigenvalue weighted by atomic mass is 10.1. The molecule has 0 amide bonds. The van der Waals surface area contributed by atoms with Gasteiger partial charge >= 0.3 is 0 Å². The van der Waals surface area contributed by atoms with E-state index in [4.69, 9.17) is 9.47 Å². The second kappa shape index (κ2) is 7.74. The lowest BCUT2D eigenvalue weighted by Crippen LogP contribution is -2.25. The first-order valence-electron chi connectivity index (χ1n) is 7.27. The van der Waals surface area contributed by atoms with E-state index in [1.165, 1.54) is 13.0 Å². The molecule has 2 rings (SSSR count). The van der Waals surface area contributed by atoms with Gasteiger partial charge in [-0.3, -0.25) is 4.79 Å². The van der Waals surface area contributed by atoms with Gasteiger partial charge in [0, 0.05) is 5.56 Å². The minimum atomic E-state index is -0.920. The number of aryl methyl sites for hydroxylation is 1. The molecule has 2 aromatic rings. The molecule has 5 heteroatoms. The zero-order valence-corrected chi connectivity index (χ0v) is 13.1. The van der Waals surface area contributed by atoms with E-state index in [9.17, 15) is 14.3 Å². The summed E-state index contributed by atoms with van der Waals surface area (Å²) >= 11 is 0. The first kappa shape index (κ1) is 17.0. The number of rotatable bonds is 7. The Bertz CT molecular complexity index is 684. The van der Waals surface area contributed by atoms with Gasteiger partial charge in [-0.15, -0.1) is 0 Å². The molecular weight excluding hydrogens is 299 g/mol. The zero-order chi connectivity index (χ0) is 16.8. The minimum Gasteiger partial charge on any atom is -0.491 e. The average molecular weight is 318 g/mol. The molecule has 0 aliphatic heterocycles. The van der Waals surface area contributed by atoms with Crippen molar-refractivity contribution in [1.82, 2.24) is 0 Å². The van der Waals surface area contributed by atoms with Crippen LogP contribution in [0.2, 0.25) is 0 Å². The quantitative estimate of drug-likeness (QED) is 0.797. The summed E-state index contributed by atoms with van der Waals surface area (Å²) in [4.78, 5) is 11.3. The van der Waals surface area contributed by atoms with Crippen LogP contribution in [-0.2, 0) is 0 Å². The van der Waals surface area contributed by atoms with Crippen LogP contribution in [0.5, 0.6) is 11.5 Å². The smallest absolute Gasteiger partial charge is 0.167 e. The average Bonchev–Trinajstić information content (AvgIpc) is 2.54. The van der Waals surface area contributed by atoms with E-state index in [1.54, 1.807) is 43.3 Å². The van der Waals surface area contributed by atoms with Crippen LogP contribution in [-0.4, -0.2) is 30.2 Å². The molecule has 0 radical (unpaired) electrons. The lowest BCUT2D eigenvalue weighted by molar-refractivity contribution is 0.0612. The van der Waals surface area contributed by atoms with Crippen LogP contribution in [0, 0.1) is 12.7 Å². The Balaban J connectivity index is 1.85. The molecule has 0 spiro atoms. The van der Waals surface area contributed by atoms with Gasteiger partial charge in [0.25, 0.3) is 0 Å². The van der Waals surface area contributed by atoms with Gasteiger partial charge in [-0.05, 0) is 37.6 Å². The fourth-order valence-corrected chi connectivity index (χ4v) is 1.96. The minimum absolute atomic E-state index is 0.0191. The Morgan fingerprint density at radius 3 is 2.61 bits per heavy atom. The van der Waals surface area contributed by atoms with Crippen molar-refractivity contribution >= 4 is 5.78 Å². The van der Waals surface area contributed by atoms with Crippen LogP contribution in [0.4, 0.5) is 4.39 Å². The van der Waals surface area contributed by atoms with Crippen molar-refractivity contribution in [2.75, 3.05) is 13.2 Å². The lowest BCUT2D eigenvalue weighted by Gasteiger charge is -2.14. The highest BCUT2D eigenvalue weighted by Gasteiger charge is 2.11. The van der Waals surface area contributed by atoms with Crippen molar-refractivity contribution in [3.8, 4) is 11.5 Å². The van der Waals surface area contributed by atoms with Crippen molar-refractivity contribution < 1.29 is 23.8 Å². The Morgan fingerprint density at radius 2 is 1.87 bits per heavy atom. The first-order chi connectivity index (χ1) is 11.0. The van der Waals surface area contributed by atoms with Crippen LogP contribution in [0.25, 0.3) is 0 Å². The molecule has 122 valence electrons. The Hall–Kier alpha value is -2.40. The zero-order valence-electron chi connectivity index (χ0n) is 13.1. The maximum absolute atomic E-state index is 13.8. The predicted molar refractivity (Wildman–Crippen MR) is 84.6 cm³/mol. The van der Waals surface area contributed by atoms with Crippen LogP contribution < -0.4 is 9.47 Å². The second-order valence-corrected chi connectivity index (χ2v) is 5.25. The van der Waals surface area contributed by atoms with E-state index in [0.717, 1.165) is 0 Å². The first-order valence-corrected chi connectivity index (χ1v) is 7.27. The van der Waals surface area contributed by atoms with Gasteiger partial charge in [0.2, 0.25) is 0 Å². The molecule has 0 fully saturated rings. The number of halogens is 1. The second-order valence-electron chi connectivity index (χ2n) is 5.25. The standard InChI is InChI=1S/C18H19FO4/c1-12-5-3-8-17(18(12)19)23-11-15(21)10-22-16-7-4-6-14(9-16)13(2)20/h3-9,15,21H,10-11H2,1-2H3. The highest BCUT2D eigenvalue weighted by Crippen LogP contribution is 2.20. The maximum Gasteiger partial charge on any atom is 0.167 e. The highest BCUT2D eigenvalue weighted by molar-refractivity contribution is 5.94. The topological polar surface area (TPSA) is 55.8 Å². The number of hydrogen-bond acceptors (Lipinski definition) is 4. The molecule has 0 bridgehead atoms. The Labute approximate surface area is 134 Å². The summed E-state index contributed by atoms with van der Waals surface area (Å²) in [6.07, 6.45) is -0.920. The van der Waals surface area contributed by atoms with Gasteiger partial charge < -0.3 is 14.6 Å². The molecule has 0 saturated carbocycles. The van der Waals surface area contributed by atoms with Crippen molar-refractivity contribution in [3.63, 3.8) is 0 Å². The predicted octanol–water partition coefficient (Wildman–Crippen LogP) is 3.16. The van der Waals surface area contributed by atoms with Gasteiger partial charge in [0.1, 0.15) is 25.1 Å². The molecule has 0 heterocycles. The number of carbonyl (C=O) groups is 1. The molecule has 2 aromatic carbocycles. The van der Waals surface area contributed by atoms with Gasteiger partial charge in [0.15, 0.2) is 17.3 Å². The van der Waals surface area contributed by atoms with Crippen molar-refractivity contribution in [1.29, 1.82) is 0 Å². The molecule has 23 heavy (non-hydrogen) atoms. The number of ether oxygens (including phenoxy) is 2. The Kier molecular flexibility index (Phi) is 5.71. The van der Waals surface area contributed by atoms with E-state index < -0.39 is 11.9 Å². The van der Waals surface area contributed by atoms with E-state index in [1.807, 2.05) is 0 Å². The summed E-state index contributed by atoms with van der Waals surface area (Å²) in [5.41, 5.74) is 1.02. The maximum atomic E-state index is 13.8. The van der Waals surface area contributed by atoms with E-state index in [0.29, 0.717) is 16.9 Å². The summed E-state index contributed by atoms with van der Waals surface area (Å²) in [5, 5.41) is 9.87. The fraction of sp³-hybridized carbons (Fsp3) is 0.278. The molecule has 1 unspecified atom stereocenters. The number of hydrogen-bond donors (Lipinski definition) is 1. The van der Waals surface area contributed by atoms with Crippen LogP contribution in [0.1, 0.15) is 22.8 Å². The molecular formula is C18H19FO4. The number of ketones is 1. The van der Waals surface area contributed by atoms with Crippen molar-refractivity contribution in [3.05, 3.63) is 59.4 Å². The SMILES string of the molecule is CC(=O)c1cccc(OCC(O)COc2cccc(C)c2F)c1. The Morgan fingerprint density at radius 1 is 1.17 bits per heavy atom. The number of Topliss-reactive ketones (excluding diaryl/α,β-unsaturated/α-hetero) is 1. The molecule has 0 aliphatic carbocycles. The fourth-order valence-electron chi connectivity index (χ4n) is 1.96. The van der Waals surface area contributed by atoms with E-state index in [-0.39, 0.29) is 24.7 Å². The summed E-state index contributed by atoms with van der Waals surface area (Å²) in [7, 11) is 0. The third-order valence-corrected chi connectivity index (χ3v) is 3.27. The highest BCUT2D eigenvalue weighted by atomic mass is 19.1. The molecule has 0 aliphatic rings. The summed E-state index contributed by atoms with van der Waals surface area (Å²) in [5.74, 6) is 0.0881. The van der Waals surface area contributed by atoms with Gasteiger partial charge in [-0.25, -0.2) is 4.39 Å². The molecule has 1 atom stereocenters. The monoisotopic (exact) mass is 318 g/mol. The normalized spacial score (nSPS) is 11.8. The van der Waals surface area contributed by atoms with Crippen LogP contribution in [0.15, 0.2) is 42.5 Å².